The van der Waals surface area contributed by atoms with Gasteiger partial charge in [0.1, 0.15) is 0 Å². The van der Waals surface area contributed by atoms with Gasteiger partial charge in [0.15, 0.2) is 0 Å². The second-order valence-electron chi connectivity index (χ2n) is 2.49. The first-order valence-electron chi connectivity index (χ1n) is 2.81. The zero-order valence-electron chi connectivity index (χ0n) is 5.14. The molecular formula is C5H9F2NS. The van der Waals surface area contributed by atoms with Gasteiger partial charge in [0.25, 0.3) is 5.92 Å². The van der Waals surface area contributed by atoms with Crippen LogP contribution in [0.15, 0.2) is 0 Å². The molecule has 0 bridgehead atoms. The van der Waals surface area contributed by atoms with Crippen molar-refractivity contribution in [3.8, 4) is 0 Å². The summed E-state index contributed by atoms with van der Waals surface area (Å²) in [5.41, 5.74) is 0. The minimum absolute atomic E-state index is 0.0247. The van der Waals surface area contributed by atoms with Gasteiger partial charge in [0.2, 0.25) is 0 Å². The third-order valence-electron chi connectivity index (χ3n) is 1.60. The summed E-state index contributed by atoms with van der Waals surface area (Å²) in [5.74, 6) is -2.42. The van der Waals surface area contributed by atoms with Crippen LogP contribution in [-0.4, -0.2) is 23.3 Å². The molecule has 9 heavy (non-hydrogen) atoms. The molecule has 0 unspecified atom stereocenters. The molecule has 4 heteroatoms. The van der Waals surface area contributed by atoms with Crippen molar-refractivity contribution in [3.05, 3.63) is 0 Å². The molecule has 0 amide bonds. The van der Waals surface area contributed by atoms with Crippen LogP contribution in [0, 0.1) is 0 Å². The first-order chi connectivity index (χ1) is 4.01. The molecule has 1 aliphatic carbocycles. The van der Waals surface area contributed by atoms with Crippen LogP contribution in [0.3, 0.4) is 0 Å². The van der Waals surface area contributed by atoms with Crippen molar-refractivity contribution >= 4 is 12.8 Å². The summed E-state index contributed by atoms with van der Waals surface area (Å²) in [7, 11) is 1.70. The average Bonchev–Trinajstić information content (AvgIpc) is 1.59. The Balaban J connectivity index is 2.27. The highest BCUT2D eigenvalue weighted by Gasteiger charge is 2.46. The Morgan fingerprint density at radius 2 is 2.00 bits per heavy atom. The highest BCUT2D eigenvalue weighted by molar-refractivity contribution is 7.77. The predicted octanol–water partition coefficient (Wildman–Crippen LogP) is 1.56. The maximum absolute atomic E-state index is 12.1. The Labute approximate surface area is 58.6 Å². The molecule has 1 saturated carbocycles. The van der Waals surface area contributed by atoms with Gasteiger partial charge < -0.3 is 0 Å². The van der Waals surface area contributed by atoms with Crippen LogP contribution in [0.4, 0.5) is 8.78 Å². The molecule has 0 radical (unpaired) electrons. The lowest BCUT2D eigenvalue weighted by molar-refractivity contribution is -0.104. The van der Waals surface area contributed by atoms with E-state index in [9.17, 15) is 8.78 Å². The van der Waals surface area contributed by atoms with E-state index >= 15 is 0 Å². The quantitative estimate of drug-likeness (QED) is 0.559. The number of thiol groups is 1. The molecule has 0 atom stereocenters. The molecule has 0 spiro atoms. The largest absolute Gasteiger partial charge is 0.253 e. The second-order valence-corrected chi connectivity index (χ2v) is 3.12. The van der Waals surface area contributed by atoms with E-state index in [0.717, 1.165) is 0 Å². The van der Waals surface area contributed by atoms with Gasteiger partial charge in [-0.1, -0.05) is 12.8 Å². The summed E-state index contributed by atoms with van der Waals surface area (Å²) < 4.78 is 25.7. The number of halogens is 2. The Kier molecular flexibility index (Phi) is 1.69. The molecular weight excluding hydrogens is 144 g/mol. The van der Waals surface area contributed by atoms with E-state index in [1.807, 2.05) is 0 Å². The lowest BCUT2D eigenvalue weighted by Gasteiger charge is -2.38. The minimum atomic E-state index is -2.42. The molecule has 0 heterocycles. The summed E-state index contributed by atoms with van der Waals surface area (Å²) in [6.07, 6.45) is -0.0694. The first kappa shape index (κ1) is 7.28. The molecule has 1 aliphatic rings. The first-order valence-corrected chi connectivity index (χ1v) is 3.21. The fraction of sp³-hybridized carbons (Fsp3) is 1.00. The van der Waals surface area contributed by atoms with Crippen molar-refractivity contribution in [1.29, 1.82) is 0 Å². The fourth-order valence-electron chi connectivity index (χ4n) is 0.894. The molecule has 0 aromatic carbocycles. The van der Waals surface area contributed by atoms with Gasteiger partial charge in [-0.25, -0.2) is 8.78 Å². The van der Waals surface area contributed by atoms with Gasteiger partial charge in [-0.3, -0.25) is 4.31 Å². The van der Waals surface area contributed by atoms with Crippen molar-refractivity contribution in [1.82, 2.24) is 4.31 Å². The maximum Gasteiger partial charge on any atom is 0.251 e. The van der Waals surface area contributed by atoms with Crippen molar-refractivity contribution in [2.45, 2.75) is 24.8 Å². The Bertz CT molecular complexity index is 108. The molecule has 1 fully saturated rings. The van der Waals surface area contributed by atoms with E-state index in [4.69, 9.17) is 0 Å². The van der Waals surface area contributed by atoms with Crippen molar-refractivity contribution in [2.75, 3.05) is 7.05 Å². The molecule has 1 nitrogen and oxygen atoms in total. The van der Waals surface area contributed by atoms with Gasteiger partial charge >= 0.3 is 0 Å². The highest BCUT2D eigenvalue weighted by Crippen LogP contribution is 2.40. The monoisotopic (exact) mass is 153 g/mol. The molecule has 0 N–H and O–H groups in total. The second kappa shape index (κ2) is 2.09. The van der Waals surface area contributed by atoms with E-state index in [1.54, 1.807) is 7.05 Å². The van der Waals surface area contributed by atoms with E-state index < -0.39 is 5.92 Å². The Morgan fingerprint density at radius 3 is 2.11 bits per heavy atom. The van der Waals surface area contributed by atoms with Gasteiger partial charge in [-0.2, -0.15) is 0 Å². The smallest absolute Gasteiger partial charge is 0.251 e. The Morgan fingerprint density at radius 1 is 1.56 bits per heavy atom. The van der Waals surface area contributed by atoms with Crippen LogP contribution in [0.1, 0.15) is 12.8 Å². The van der Waals surface area contributed by atoms with Gasteiger partial charge in [-0.15, -0.1) is 0 Å². The lowest BCUT2D eigenvalue weighted by atomic mass is 9.88. The lowest BCUT2D eigenvalue weighted by Crippen LogP contribution is -2.45. The summed E-state index contributed by atoms with van der Waals surface area (Å²) >= 11 is 3.90. The maximum atomic E-state index is 12.1. The number of hydrogen-bond acceptors (Lipinski definition) is 2. The molecule has 1 rings (SSSR count). The summed E-state index contributed by atoms with van der Waals surface area (Å²) in [6.45, 7) is 0. The van der Waals surface area contributed by atoms with Crippen molar-refractivity contribution in [2.24, 2.45) is 0 Å². The van der Waals surface area contributed by atoms with E-state index in [2.05, 4.69) is 12.8 Å². The molecule has 0 aromatic rings. The van der Waals surface area contributed by atoms with E-state index in [1.165, 1.54) is 4.31 Å². The third-order valence-corrected chi connectivity index (χ3v) is 1.92. The van der Waals surface area contributed by atoms with Gasteiger partial charge in [0, 0.05) is 18.9 Å². The summed E-state index contributed by atoms with van der Waals surface area (Å²) in [6, 6.07) is -0.0247. The van der Waals surface area contributed by atoms with Crippen LogP contribution < -0.4 is 0 Å². The fourth-order valence-corrected chi connectivity index (χ4v) is 1.06. The number of hydrogen-bond donors (Lipinski definition) is 1. The SMILES string of the molecule is CN(S)C1CC(F)(F)C1. The number of rotatable bonds is 1. The van der Waals surface area contributed by atoms with Crippen LogP contribution in [0.25, 0.3) is 0 Å². The van der Waals surface area contributed by atoms with Crippen LogP contribution in [0.2, 0.25) is 0 Å². The molecule has 0 saturated heterocycles. The predicted molar refractivity (Wildman–Crippen MR) is 34.7 cm³/mol. The highest BCUT2D eigenvalue weighted by atomic mass is 32.1. The van der Waals surface area contributed by atoms with E-state index in [0.29, 0.717) is 0 Å². The van der Waals surface area contributed by atoms with Crippen LogP contribution >= 0.6 is 12.8 Å². The molecule has 0 aromatic heterocycles. The van der Waals surface area contributed by atoms with Crippen LogP contribution in [-0.2, 0) is 0 Å². The van der Waals surface area contributed by atoms with Crippen LogP contribution in [0.5, 0.6) is 0 Å². The normalized spacial score (nSPS) is 26.3. The zero-order valence-corrected chi connectivity index (χ0v) is 6.04. The molecule has 0 aliphatic heterocycles. The summed E-state index contributed by atoms with van der Waals surface area (Å²) in [4.78, 5) is 0. The van der Waals surface area contributed by atoms with Gasteiger partial charge in [0.05, 0.1) is 0 Å². The van der Waals surface area contributed by atoms with Crippen molar-refractivity contribution in [3.63, 3.8) is 0 Å². The number of nitrogens with zero attached hydrogens (tertiary/aromatic N) is 1. The standard InChI is InChI=1S/C5H9F2NS/c1-8(9)4-2-5(6,7)3-4/h4,9H,2-3H2,1H3. The third kappa shape index (κ3) is 1.55. The van der Waals surface area contributed by atoms with Crippen molar-refractivity contribution < 1.29 is 8.78 Å². The zero-order chi connectivity index (χ0) is 7.07. The number of alkyl halides is 2. The van der Waals surface area contributed by atoms with E-state index in [-0.39, 0.29) is 18.9 Å². The topological polar surface area (TPSA) is 3.24 Å². The Hall–Kier alpha value is 0.170. The molecule has 54 valence electrons. The summed E-state index contributed by atoms with van der Waals surface area (Å²) in [5, 5.41) is 0. The minimum Gasteiger partial charge on any atom is -0.253 e. The average molecular weight is 153 g/mol. The van der Waals surface area contributed by atoms with Gasteiger partial charge in [-0.05, 0) is 7.05 Å².